The molecule has 0 amide bonds. The largest absolute Gasteiger partial charge is 0.0622 e. The molecule has 1 aliphatic carbocycles. The summed E-state index contributed by atoms with van der Waals surface area (Å²) in [7, 11) is 0. The van der Waals surface area contributed by atoms with Crippen LogP contribution in [0.1, 0.15) is 11.1 Å². The molecule has 25 heavy (non-hydrogen) atoms. The second kappa shape index (κ2) is 5.75. The van der Waals surface area contributed by atoms with Crippen LogP contribution in [0.15, 0.2) is 97.1 Å². The van der Waals surface area contributed by atoms with E-state index in [1.807, 2.05) is 0 Å². The van der Waals surface area contributed by atoms with Crippen molar-refractivity contribution in [3.8, 4) is 33.4 Å². The van der Waals surface area contributed by atoms with Crippen LogP contribution in [0.25, 0.3) is 33.4 Å². The van der Waals surface area contributed by atoms with Gasteiger partial charge >= 0.3 is 0 Å². The Morgan fingerprint density at radius 2 is 0.960 bits per heavy atom. The molecule has 0 N–H and O–H groups in total. The summed E-state index contributed by atoms with van der Waals surface area (Å²) in [4.78, 5) is 0. The van der Waals surface area contributed by atoms with Crippen LogP contribution in [-0.2, 0) is 6.42 Å². The lowest BCUT2D eigenvalue weighted by molar-refractivity contribution is 1.26. The van der Waals surface area contributed by atoms with Crippen LogP contribution >= 0.6 is 0 Å². The van der Waals surface area contributed by atoms with Crippen LogP contribution in [-0.4, -0.2) is 0 Å². The zero-order valence-corrected chi connectivity index (χ0v) is 13.9. The fraction of sp³-hybridized carbons (Fsp3) is 0.0400. The van der Waals surface area contributed by atoms with E-state index in [0.717, 1.165) is 6.42 Å². The summed E-state index contributed by atoms with van der Waals surface area (Å²) < 4.78 is 0. The van der Waals surface area contributed by atoms with E-state index in [9.17, 15) is 0 Å². The molecule has 4 aromatic carbocycles. The van der Waals surface area contributed by atoms with Gasteiger partial charge in [-0.05, 0) is 63.1 Å². The van der Waals surface area contributed by atoms with Crippen molar-refractivity contribution in [2.75, 3.05) is 0 Å². The molecule has 0 fully saturated rings. The van der Waals surface area contributed by atoms with Crippen LogP contribution in [0.2, 0.25) is 0 Å². The van der Waals surface area contributed by atoms with Gasteiger partial charge in [-0.2, -0.15) is 0 Å². The van der Waals surface area contributed by atoms with E-state index in [2.05, 4.69) is 97.1 Å². The molecule has 1 aliphatic rings. The minimum Gasteiger partial charge on any atom is -0.0622 e. The van der Waals surface area contributed by atoms with Gasteiger partial charge in [0.05, 0.1) is 0 Å². The van der Waals surface area contributed by atoms with Gasteiger partial charge in [0.1, 0.15) is 0 Å². The molecule has 0 saturated carbocycles. The predicted octanol–water partition coefficient (Wildman–Crippen LogP) is 6.59. The van der Waals surface area contributed by atoms with Gasteiger partial charge in [-0.3, -0.25) is 0 Å². The summed E-state index contributed by atoms with van der Waals surface area (Å²) in [5, 5.41) is 0. The van der Waals surface area contributed by atoms with Crippen molar-refractivity contribution in [3.05, 3.63) is 108 Å². The van der Waals surface area contributed by atoms with Crippen LogP contribution in [0.3, 0.4) is 0 Å². The second-order valence-corrected chi connectivity index (χ2v) is 6.62. The van der Waals surface area contributed by atoms with E-state index >= 15 is 0 Å². The molecule has 4 aromatic rings. The maximum absolute atomic E-state index is 2.40. The minimum absolute atomic E-state index is 1.03. The van der Waals surface area contributed by atoms with Gasteiger partial charge in [0, 0.05) is 0 Å². The summed E-state index contributed by atoms with van der Waals surface area (Å²) >= 11 is 0. The quantitative estimate of drug-likeness (QED) is 0.344. The highest BCUT2D eigenvalue weighted by atomic mass is 14.2. The Bertz CT molecular complexity index is 1040. The maximum Gasteiger partial charge on any atom is -0.00132 e. The summed E-state index contributed by atoms with van der Waals surface area (Å²) in [6, 6.07) is 35.0. The molecule has 0 nitrogen and oxygen atoms in total. The zero-order valence-electron chi connectivity index (χ0n) is 13.9. The van der Waals surface area contributed by atoms with Crippen LogP contribution in [0.5, 0.6) is 0 Å². The number of benzene rings is 4. The van der Waals surface area contributed by atoms with Crippen molar-refractivity contribution < 1.29 is 0 Å². The number of hydrogen-bond donors (Lipinski definition) is 0. The maximum atomic E-state index is 2.40. The Morgan fingerprint density at radius 1 is 0.400 bits per heavy atom. The van der Waals surface area contributed by atoms with Gasteiger partial charge in [0.25, 0.3) is 0 Å². The highest BCUT2D eigenvalue weighted by molar-refractivity contribution is 5.90. The van der Waals surface area contributed by atoms with Crippen molar-refractivity contribution in [1.82, 2.24) is 0 Å². The van der Waals surface area contributed by atoms with Crippen LogP contribution < -0.4 is 0 Å². The molecule has 0 aromatic heterocycles. The van der Waals surface area contributed by atoms with Gasteiger partial charge in [0.15, 0.2) is 0 Å². The first kappa shape index (κ1) is 14.2. The van der Waals surface area contributed by atoms with Gasteiger partial charge in [-0.1, -0.05) is 84.9 Å². The van der Waals surface area contributed by atoms with E-state index in [1.165, 1.54) is 44.5 Å². The van der Waals surface area contributed by atoms with E-state index < -0.39 is 0 Å². The molecule has 0 heterocycles. The van der Waals surface area contributed by atoms with Crippen molar-refractivity contribution >= 4 is 0 Å². The molecule has 0 aliphatic heterocycles. The summed E-state index contributed by atoms with van der Waals surface area (Å²) in [5.41, 5.74) is 10.8. The summed E-state index contributed by atoms with van der Waals surface area (Å²) in [6.07, 6.45) is 1.03. The summed E-state index contributed by atoms with van der Waals surface area (Å²) in [6.45, 7) is 0. The van der Waals surface area contributed by atoms with Crippen molar-refractivity contribution in [3.63, 3.8) is 0 Å². The average Bonchev–Trinajstić information content (AvgIpc) is 3.06. The first-order valence-corrected chi connectivity index (χ1v) is 8.76. The van der Waals surface area contributed by atoms with Crippen LogP contribution in [0.4, 0.5) is 0 Å². The van der Waals surface area contributed by atoms with Crippen molar-refractivity contribution in [1.29, 1.82) is 0 Å². The Labute approximate surface area is 148 Å². The fourth-order valence-electron chi connectivity index (χ4n) is 3.90. The molecule has 0 radical (unpaired) electrons. The topological polar surface area (TPSA) is 0 Å². The number of fused-ring (bicyclic) bond motifs is 3. The number of rotatable bonds is 2. The third kappa shape index (κ3) is 2.38. The summed E-state index contributed by atoms with van der Waals surface area (Å²) in [5.74, 6) is 0. The Balaban J connectivity index is 1.79. The lowest BCUT2D eigenvalue weighted by Gasteiger charge is -2.14. The van der Waals surface area contributed by atoms with Crippen molar-refractivity contribution in [2.24, 2.45) is 0 Å². The molecule has 0 atom stereocenters. The van der Waals surface area contributed by atoms with Gasteiger partial charge in [-0.25, -0.2) is 0 Å². The predicted molar refractivity (Wildman–Crippen MR) is 106 cm³/mol. The first-order chi connectivity index (χ1) is 12.4. The highest BCUT2D eigenvalue weighted by Gasteiger charge is 2.21. The lowest BCUT2D eigenvalue weighted by atomic mass is 9.90. The zero-order chi connectivity index (χ0) is 16.6. The van der Waals surface area contributed by atoms with Crippen molar-refractivity contribution in [2.45, 2.75) is 6.42 Å². The smallest absolute Gasteiger partial charge is 0.00132 e. The highest BCUT2D eigenvalue weighted by Crippen LogP contribution is 2.43. The molecule has 0 heteroatoms. The molecular weight excluding hydrogens is 300 g/mol. The Morgan fingerprint density at radius 3 is 1.64 bits per heavy atom. The molecule has 0 saturated heterocycles. The standard InChI is InChI=1S/C25H18/c1-3-9-18(10-4-1)23-16-21-15-20-13-7-8-14-22(20)25(21)17-24(23)19-11-5-2-6-12-19/h1-14,16-17H,15H2. The van der Waals surface area contributed by atoms with Gasteiger partial charge < -0.3 is 0 Å². The third-order valence-electron chi connectivity index (χ3n) is 5.10. The first-order valence-electron chi connectivity index (χ1n) is 8.76. The van der Waals surface area contributed by atoms with E-state index in [4.69, 9.17) is 0 Å². The third-order valence-corrected chi connectivity index (χ3v) is 5.10. The van der Waals surface area contributed by atoms with Crippen LogP contribution in [0, 0.1) is 0 Å². The molecule has 5 rings (SSSR count). The fourth-order valence-corrected chi connectivity index (χ4v) is 3.90. The molecule has 0 spiro atoms. The molecule has 118 valence electrons. The van der Waals surface area contributed by atoms with E-state index in [1.54, 1.807) is 0 Å². The van der Waals surface area contributed by atoms with Gasteiger partial charge in [0.2, 0.25) is 0 Å². The molecule has 0 unspecified atom stereocenters. The van der Waals surface area contributed by atoms with E-state index in [0.29, 0.717) is 0 Å². The molecular formula is C25H18. The number of hydrogen-bond acceptors (Lipinski definition) is 0. The van der Waals surface area contributed by atoms with E-state index in [-0.39, 0.29) is 0 Å². The molecule has 0 bridgehead atoms. The Hall–Kier alpha value is -3.12. The monoisotopic (exact) mass is 318 g/mol. The van der Waals surface area contributed by atoms with Gasteiger partial charge in [-0.15, -0.1) is 0 Å². The average molecular weight is 318 g/mol. The normalized spacial score (nSPS) is 11.8. The second-order valence-electron chi connectivity index (χ2n) is 6.62. The SMILES string of the molecule is c1ccc(-c2cc3c(cc2-c2ccccc2)-c2ccccc2C3)cc1. The lowest BCUT2D eigenvalue weighted by Crippen LogP contribution is -1.89. The minimum atomic E-state index is 1.03. The Kier molecular flexibility index (Phi) is 3.28.